The second-order valence-corrected chi connectivity index (χ2v) is 2.35. The smallest absolute Gasteiger partial charge is 0.141 e. The number of rotatable bonds is 0. The predicted molar refractivity (Wildman–Crippen MR) is 36.9 cm³/mol. The van der Waals surface area contributed by atoms with E-state index in [1.54, 1.807) is 12.4 Å². The molecule has 51 valence electrons. The second kappa shape index (κ2) is 2.29. The maximum Gasteiger partial charge on any atom is 0.141 e. The van der Waals surface area contributed by atoms with Crippen LogP contribution < -0.4 is 4.74 Å². The van der Waals surface area contributed by atoms with Crippen molar-refractivity contribution in [1.29, 1.82) is 0 Å². The van der Waals surface area contributed by atoms with E-state index >= 15 is 0 Å². The van der Waals surface area contributed by atoms with Gasteiger partial charge >= 0.3 is 0 Å². The Morgan fingerprint density at radius 2 is 2.60 bits per heavy atom. The molecule has 0 bridgehead atoms. The van der Waals surface area contributed by atoms with E-state index in [0.29, 0.717) is 0 Å². The number of hydrogen-bond donors (Lipinski definition) is 0. The average Bonchev–Trinajstić information content (AvgIpc) is 2.05. The van der Waals surface area contributed by atoms with Crippen molar-refractivity contribution in [2.45, 2.75) is 12.8 Å². The highest BCUT2D eigenvalue weighted by molar-refractivity contribution is 5.30. The lowest BCUT2D eigenvalue weighted by atomic mass is 10.1. The summed E-state index contributed by atoms with van der Waals surface area (Å²) < 4.78 is 5.33. The first-order valence-electron chi connectivity index (χ1n) is 3.44. The Morgan fingerprint density at radius 3 is 3.50 bits per heavy atom. The predicted octanol–water partition coefficient (Wildman–Crippen LogP) is 1.21. The molecule has 2 heteroatoms. The lowest BCUT2D eigenvalue weighted by Gasteiger charge is -2.14. The number of fused-ring (bicyclic) bond motifs is 1. The van der Waals surface area contributed by atoms with E-state index in [-0.39, 0.29) is 0 Å². The van der Waals surface area contributed by atoms with E-state index in [1.807, 2.05) is 0 Å². The third-order valence-corrected chi connectivity index (χ3v) is 1.63. The molecule has 0 atom stereocenters. The minimum absolute atomic E-state index is 0.826. The highest BCUT2D eigenvalue weighted by Crippen LogP contribution is 2.21. The van der Waals surface area contributed by atoms with Gasteiger partial charge in [-0.1, -0.05) is 0 Å². The van der Waals surface area contributed by atoms with Gasteiger partial charge in [0, 0.05) is 17.8 Å². The van der Waals surface area contributed by atoms with E-state index in [1.165, 1.54) is 5.56 Å². The van der Waals surface area contributed by atoms with E-state index < -0.39 is 0 Å². The molecule has 0 amide bonds. The molecule has 2 rings (SSSR count). The fourth-order valence-corrected chi connectivity index (χ4v) is 1.12. The van der Waals surface area contributed by atoms with Crippen LogP contribution in [0.1, 0.15) is 12.0 Å². The zero-order valence-corrected chi connectivity index (χ0v) is 5.63. The Kier molecular flexibility index (Phi) is 1.31. The Bertz CT molecular complexity index is 209. The van der Waals surface area contributed by atoms with Crippen LogP contribution in [-0.2, 0) is 6.42 Å². The molecule has 0 aliphatic carbocycles. The van der Waals surface area contributed by atoms with Crippen LogP contribution in [0.4, 0.5) is 0 Å². The molecule has 0 N–H and O–H groups in total. The number of aromatic nitrogens is 1. The Balaban J connectivity index is 2.41. The maximum atomic E-state index is 5.33. The van der Waals surface area contributed by atoms with Crippen LogP contribution in [0.25, 0.3) is 0 Å². The first-order chi connectivity index (χ1) is 4.97. The van der Waals surface area contributed by atoms with Gasteiger partial charge in [-0.2, -0.15) is 0 Å². The van der Waals surface area contributed by atoms with Gasteiger partial charge in [-0.05, 0) is 12.8 Å². The highest BCUT2D eigenvalue weighted by Gasteiger charge is 2.08. The molecule has 1 aromatic heterocycles. The van der Waals surface area contributed by atoms with Gasteiger partial charge in [-0.15, -0.1) is 0 Å². The molecule has 0 fully saturated rings. The van der Waals surface area contributed by atoms with E-state index in [4.69, 9.17) is 4.74 Å². The molecule has 0 saturated heterocycles. The minimum Gasteiger partial charge on any atom is -0.492 e. The van der Waals surface area contributed by atoms with Crippen molar-refractivity contribution in [3.63, 3.8) is 0 Å². The number of pyridine rings is 1. The first kappa shape index (κ1) is 5.71. The van der Waals surface area contributed by atoms with Crippen LogP contribution >= 0.6 is 0 Å². The number of ether oxygens (including phenoxy) is 1. The summed E-state index contributed by atoms with van der Waals surface area (Å²) in [5.41, 5.74) is 1.17. The standard InChI is InChI=1S/C8H8NO/c1-2-7-3-4-9-6-8(7)10-5-1/h4,6H,1-2,5H2. The molecular weight excluding hydrogens is 126 g/mol. The molecule has 2 nitrogen and oxygen atoms in total. The van der Waals surface area contributed by atoms with Crippen molar-refractivity contribution >= 4 is 0 Å². The highest BCUT2D eigenvalue weighted by atomic mass is 16.5. The van der Waals surface area contributed by atoms with Crippen LogP contribution in [0.3, 0.4) is 0 Å². The van der Waals surface area contributed by atoms with Crippen molar-refractivity contribution in [1.82, 2.24) is 4.98 Å². The molecule has 1 aromatic rings. The molecule has 1 radical (unpaired) electrons. The monoisotopic (exact) mass is 134 g/mol. The lowest BCUT2D eigenvalue weighted by Crippen LogP contribution is -2.08. The van der Waals surface area contributed by atoms with Gasteiger partial charge < -0.3 is 4.74 Å². The fraction of sp³-hybridized carbons (Fsp3) is 0.375. The quantitative estimate of drug-likeness (QED) is 0.532. The summed E-state index contributed by atoms with van der Waals surface area (Å²) in [5, 5.41) is 0. The van der Waals surface area contributed by atoms with Crippen molar-refractivity contribution in [3.8, 4) is 5.75 Å². The summed E-state index contributed by atoms with van der Waals surface area (Å²) in [6.07, 6.45) is 5.63. The molecule has 0 aromatic carbocycles. The van der Waals surface area contributed by atoms with Crippen LogP contribution in [0.5, 0.6) is 5.75 Å². The molecule has 0 spiro atoms. The van der Waals surface area contributed by atoms with Gasteiger partial charge in [-0.25, -0.2) is 0 Å². The molecular formula is C8H8NO. The van der Waals surface area contributed by atoms with Crippen LogP contribution in [0.2, 0.25) is 0 Å². The van der Waals surface area contributed by atoms with Crippen molar-refractivity contribution in [2.24, 2.45) is 0 Å². The van der Waals surface area contributed by atoms with Gasteiger partial charge in [0.25, 0.3) is 0 Å². The number of aryl methyl sites for hydroxylation is 1. The summed E-state index contributed by atoms with van der Waals surface area (Å²) in [7, 11) is 0. The summed E-state index contributed by atoms with van der Waals surface area (Å²) in [5.74, 6) is 0.911. The third-order valence-electron chi connectivity index (χ3n) is 1.63. The molecule has 1 aliphatic heterocycles. The fourth-order valence-electron chi connectivity index (χ4n) is 1.12. The topological polar surface area (TPSA) is 22.1 Å². The summed E-state index contributed by atoms with van der Waals surface area (Å²) in [6, 6.07) is 3.05. The SMILES string of the molecule is [c]1cncc2c1CCCO2. The normalized spacial score (nSPS) is 15.6. The zero-order valence-electron chi connectivity index (χ0n) is 5.63. The summed E-state index contributed by atoms with van der Waals surface area (Å²) in [4.78, 5) is 3.92. The third kappa shape index (κ3) is 0.856. The van der Waals surface area contributed by atoms with Crippen LogP contribution in [0.15, 0.2) is 12.4 Å². The Hall–Kier alpha value is -1.05. The van der Waals surface area contributed by atoms with Crippen molar-refractivity contribution in [3.05, 3.63) is 24.0 Å². The lowest BCUT2D eigenvalue weighted by molar-refractivity contribution is 0.287. The first-order valence-corrected chi connectivity index (χ1v) is 3.44. The van der Waals surface area contributed by atoms with E-state index in [0.717, 1.165) is 25.2 Å². The molecule has 10 heavy (non-hydrogen) atoms. The van der Waals surface area contributed by atoms with Gasteiger partial charge in [0.2, 0.25) is 0 Å². The minimum atomic E-state index is 0.826. The maximum absolute atomic E-state index is 5.33. The average molecular weight is 134 g/mol. The molecule has 0 saturated carbocycles. The number of hydrogen-bond acceptors (Lipinski definition) is 2. The van der Waals surface area contributed by atoms with Gasteiger partial charge in [0.1, 0.15) is 5.75 Å². The van der Waals surface area contributed by atoms with E-state index in [9.17, 15) is 0 Å². The summed E-state index contributed by atoms with van der Waals surface area (Å²) >= 11 is 0. The zero-order chi connectivity index (χ0) is 6.81. The molecule has 0 unspecified atom stereocenters. The summed E-state index contributed by atoms with van der Waals surface area (Å²) in [6.45, 7) is 0.826. The van der Waals surface area contributed by atoms with Crippen LogP contribution in [-0.4, -0.2) is 11.6 Å². The van der Waals surface area contributed by atoms with Gasteiger partial charge in [0.15, 0.2) is 0 Å². The largest absolute Gasteiger partial charge is 0.492 e. The van der Waals surface area contributed by atoms with E-state index in [2.05, 4.69) is 11.1 Å². The van der Waals surface area contributed by atoms with Crippen molar-refractivity contribution in [2.75, 3.05) is 6.61 Å². The molecule has 1 aliphatic rings. The number of nitrogens with zero attached hydrogens (tertiary/aromatic N) is 1. The Morgan fingerprint density at radius 1 is 1.60 bits per heavy atom. The molecule has 2 heterocycles. The van der Waals surface area contributed by atoms with Crippen molar-refractivity contribution < 1.29 is 4.74 Å². The van der Waals surface area contributed by atoms with Crippen LogP contribution in [0, 0.1) is 6.07 Å². The van der Waals surface area contributed by atoms with Gasteiger partial charge in [-0.3, -0.25) is 4.98 Å². The Labute approximate surface area is 59.9 Å². The second-order valence-electron chi connectivity index (χ2n) is 2.35. The van der Waals surface area contributed by atoms with Gasteiger partial charge in [0.05, 0.1) is 12.8 Å².